The van der Waals surface area contributed by atoms with Crippen LogP contribution in [0.25, 0.3) is 0 Å². The maximum Gasteiger partial charge on any atom is 0.418 e. The number of thioether (sulfide) groups is 1. The van der Waals surface area contributed by atoms with E-state index < -0.39 is 23.3 Å². The summed E-state index contributed by atoms with van der Waals surface area (Å²) in [4.78, 5) is 11.8. The van der Waals surface area contributed by atoms with Gasteiger partial charge in [0.05, 0.1) is 22.0 Å². The highest BCUT2D eigenvalue weighted by atomic mass is 35.5. The maximum atomic E-state index is 12.9. The van der Waals surface area contributed by atoms with Gasteiger partial charge in [0.25, 0.3) is 0 Å². The number of nitrogens with one attached hydrogen (secondary N) is 1. The number of hydrogen-bond donors (Lipinski definition) is 2. The zero-order valence-corrected chi connectivity index (χ0v) is 13.0. The molecule has 118 valence electrons. The molecule has 1 amide bonds. The first-order valence-electron chi connectivity index (χ1n) is 5.64. The molecule has 0 aliphatic rings. The van der Waals surface area contributed by atoms with Crippen molar-refractivity contribution in [2.24, 2.45) is 0 Å². The summed E-state index contributed by atoms with van der Waals surface area (Å²) in [6, 6.07) is 3.28. The van der Waals surface area contributed by atoms with Gasteiger partial charge in [-0.3, -0.25) is 4.79 Å². The van der Waals surface area contributed by atoms with E-state index in [2.05, 4.69) is 15.5 Å². The third-order valence-electron chi connectivity index (χ3n) is 2.33. The zero-order chi connectivity index (χ0) is 16.3. The van der Waals surface area contributed by atoms with E-state index >= 15 is 0 Å². The van der Waals surface area contributed by atoms with E-state index in [1.807, 2.05) is 0 Å². The van der Waals surface area contributed by atoms with Crippen molar-refractivity contribution >= 4 is 51.4 Å². The van der Waals surface area contributed by atoms with Crippen LogP contribution in [0.3, 0.4) is 0 Å². The molecule has 5 nitrogen and oxygen atoms in total. The number of anilines is 2. The molecule has 0 bridgehead atoms. The first-order valence-corrected chi connectivity index (χ1v) is 7.82. The van der Waals surface area contributed by atoms with Crippen LogP contribution >= 0.6 is 34.7 Å². The van der Waals surface area contributed by atoms with Gasteiger partial charge in [0.1, 0.15) is 0 Å². The lowest BCUT2D eigenvalue weighted by molar-refractivity contribution is -0.137. The topological polar surface area (TPSA) is 80.9 Å². The summed E-state index contributed by atoms with van der Waals surface area (Å²) in [6.07, 6.45) is -4.62. The van der Waals surface area contributed by atoms with Crippen LogP contribution in [-0.4, -0.2) is 21.9 Å². The highest BCUT2D eigenvalue weighted by Gasteiger charge is 2.34. The number of carbonyl (C=O) groups excluding carboxylic acids is 1. The Bertz CT molecular complexity index is 692. The Balaban J connectivity index is 2.08. The summed E-state index contributed by atoms with van der Waals surface area (Å²) < 4.78 is 39.1. The van der Waals surface area contributed by atoms with Crippen LogP contribution < -0.4 is 11.1 Å². The molecule has 0 spiro atoms. The molecular weight excluding hydrogens is 361 g/mol. The number of para-hydroxylation sites is 1. The first kappa shape index (κ1) is 16.8. The molecule has 0 fully saturated rings. The summed E-state index contributed by atoms with van der Waals surface area (Å²) in [5, 5.41) is 9.49. The number of nitrogens with two attached hydrogens (primary N) is 1. The average molecular weight is 369 g/mol. The van der Waals surface area contributed by atoms with Gasteiger partial charge >= 0.3 is 6.18 Å². The zero-order valence-electron chi connectivity index (χ0n) is 10.6. The Morgan fingerprint density at radius 3 is 2.73 bits per heavy atom. The molecule has 22 heavy (non-hydrogen) atoms. The number of halogens is 4. The molecule has 1 aromatic heterocycles. The van der Waals surface area contributed by atoms with Gasteiger partial charge in [0, 0.05) is 0 Å². The fourth-order valence-electron chi connectivity index (χ4n) is 1.47. The summed E-state index contributed by atoms with van der Waals surface area (Å²) >= 11 is 7.84. The second-order valence-electron chi connectivity index (χ2n) is 3.90. The Hall–Kier alpha value is -1.52. The highest BCUT2D eigenvalue weighted by Crippen LogP contribution is 2.38. The first-order chi connectivity index (χ1) is 10.3. The predicted molar refractivity (Wildman–Crippen MR) is 80.1 cm³/mol. The molecule has 3 N–H and O–H groups in total. The number of alkyl halides is 3. The van der Waals surface area contributed by atoms with Crippen LogP contribution in [0.2, 0.25) is 5.02 Å². The summed E-state index contributed by atoms with van der Waals surface area (Å²) in [5.41, 5.74) is 3.92. The van der Waals surface area contributed by atoms with E-state index in [9.17, 15) is 18.0 Å². The van der Waals surface area contributed by atoms with Gasteiger partial charge in [-0.2, -0.15) is 13.2 Å². The standard InChI is InChI=1S/C11H8ClF3N4OS2/c12-6-3-1-2-5(11(13,14)15)8(6)17-7(20)4-21-10-19-18-9(16)22-10/h1-3H,4H2,(H2,16,18)(H,17,20). The van der Waals surface area contributed by atoms with E-state index in [0.717, 1.165) is 29.2 Å². The monoisotopic (exact) mass is 368 g/mol. The molecule has 1 heterocycles. The molecule has 0 unspecified atom stereocenters. The van der Waals surface area contributed by atoms with Crippen LogP contribution in [-0.2, 0) is 11.0 Å². The van der Waals surface area contributed by atoms with Crippen molar-refractivity contribution in [2.75, 3.05) is 16.8 Å². The third kappa shape index (κ3) is 4.24. The predicted octanol–water partition coefficient (Wildman–Crippen LogP) is 3.52. The van der Waals surface area contributed by atoms with Crippen molar-refractivity contribution < 1.29 is 18.0 Å². The number of benzene rings is 1. The minimum atomic E-state index is -4.62. The molecule has 2 aromatic rings. The lowest BCUT2D eigenvalue weighted by Crippen LogP contribution is -2.18. The van der Waals surface area contributed by atoms with Gasteiger partial charge in [-0.15, -0.1) is 10.2 Å². The van der Waals surface area contributed by atoms with Crippen LogP contribution in [0, 0.1) is 0 Å². The summed E-state index contributed by atoms with van der Waals surface area (Å²) in [5.74, 6) is -0.783. The van der Waals surface area contributed by atoms with Crippen molar-refractivity contribution in [2.45, 2.75) is 10.5 Å². The molecule has 0 radical (unpaired) electrons. The smallest absolute Gasteiger partial charge is 0.374 e. The molecule has 0 aliphatic heterocycles. The summed E-state index contributed by atoms with van der Waals surface area (Å²) in [7, 11) is 0. The van der Waals surface area contributed by atoms with E-state index in [4.69, 9.17) is 17.3 Å². The fourth-order valence-corrected chi connectivity index (χ4v) is 3.13. The maximum absolute atomic E-state index is 12.9. The van der Waals surface area contributed by atoms with E-state index in [1.165, 1.54) is 12.1 Å². The highest BCUT2D eigenvalue weighted by molar-refractivity contribution is 8.01. The molecule has 0 aliphatic carbocycles. The lowest BCUT2D eigenvalue weighted by Gasteiger charge is -2.14. The Labute approximate surface area is 136 Å². The second kappa shape index (κ2) is 6.71. The number of amides is 1. The van der Waals surface area contributed by atoms with Crippen LogP contribution in [0.15, 0.2) is 22.5 Å². The van der Waals surface area contributed by atoms with Crippen LogP contribution in [0.4, 0.5) is 24.0 Å². The number of nitrogen functional groups attached to an aromatic ring is 1. The van der Waals surface area contributed by atoms with E-state index in [0.29, 0.717) is 4.34 Å². The van der Waals surface area contributed by atoms with Gasteiger partial charge in [0.2, 0.25) is 11.0 Å². The molecule has 0 atom stereocenters. The molecule has 2 rings (SSSR count). The largest absolute Gasteiger partial charge is 0.418 e. The summed E-state index contributed by atoms with van der Waals surface area (Å²) in [6.45, 7) is 0. The van der Waals surface area contributed by atoms with Crippen molar-refractivity contribution in [1.29, 1.82) is 0 Å². The van der Waals surface area contributed by atoms with Gasteiger partial charge in [-0.05, 0) is 12.1 Å². The van der Waals surface area contributed by atoms with E-state index in [-0.39, 0.29) is 15.9 Å². The SMILES string of the molecule is Nc1nnc(SCC(=O)Nc2c(Cl)cccc2C(F)(F)F)s1. The average Bonchev–Trinajstić information content (AvgIpc) is 2.83. The van der Waals surface area contributed by atoms with Crippen LogP contribution in [0.1, 0.15) is 5.56 Å². The van der Waals surface area contributed by atoms with Gasteiger partial charge in [-0.25, -0.2) is 0 Å². The molecule has 1 aromatic carbocycles. The normalized spacial score (nSPS) is 11.5. The Morgan fingerprint density at radius 1 is 1.41 bits per heavy atom. The number of nitrogens with zero attached hydrogens (tertiary/aromatic N) is 2. The molecule has 0 saturated carbocycles. The molecular formula is C11H8ClF3N4OS2. The Morgan fingerprint density at radius 2 is 2.14 bits per heavy atom. The van der Waals surface area contributed by atoms with Crippen molar-refractivity contribution in [3.63, 3.8) is 0 Å². The lowest BCUT2D eigenvalue weighted by atomic mass is 10.1. The third-order valence-corrected chi connectivity index (χ3v) is 4.53. The van der Waals surface area contributed by atoms with E-state index in [1.54, 1.807) is 0 Å². The number of rotatable bonds is 4. The van der Waals surface area contributed by atoms with Gasteiger partial charge in [0.15, 0.2) is 4.34 Å². The fraction of sp³-hybridized carbons (Fsp3) is 0.182. The minimum absolute atomic E-state index is 0.142. The van der Waals surface area contributed by atoms with Crippen molar-refractivity contribution in [3.05, 3.63) is 28.8 Å². The Kier molecular flexibility index (Phi) is 5.14. The molecule has 0 saturated heterocycles. The second-order valence-corrected chi connectivity index (χ2v) is 6.54. The number of carbonyl (C=O) groups is 1. The minimum Gasteiger partial charge on any atom is -0.374 e. The van der Waals surface area contributed by atoms with Crippen LogP contribution in [0.5, 0.6) is 0 Å². The van der Waals surface area contributed by atoms with Gasteiger partial charge in [-0.1, -0.05) is 40.8 Å². The number of hydrogen-bond acceptors (Lipinski definition) is 6. The quantitative estimate of drug-likeness (QED) is 0.807. The molecule has 11 heteroatoms. The number of aromatic nitrogens is 2. The van der Waals surface area contributed by atoms with Crippen molar-refractivity contribution in [3.8, 4) is 0 Å². The van der Waals surface area contributed by atoms with Gasteiger partial charge < -0.3 is 11.1 Å². The van der Waals surface area contributed by atoms with Crippen molar-refractivity contribution in [1.82, 2.24) is 10.2 Å².